The first-order chi connectivity index (χ1) is 19.5. The number of carbonyl (C=O) groups excluding carboxylic acids is 2. The third-order valence-electron chi connectivity index (χ3n) is 7.20. The number of Topliss-reactive ketones (excluding diaryl/α,β-unsaturated/α-hetero) is 2. The van der Waals surface area contributed by atoms with Gasteiger partial charge in [-0.05, 0) is 35.4 Å². The second-order valence-electron chi connectivity index (χ2n) is 9.79. The van der Waals surface area contributed by atoms with Crippen molar-refractivity contribution in [3.05, 3.63) is 76.9 Å². The number of ether oxygens (including phenoxy) is 2. The van der Waals surface area contributed by atoms with Gasteiger partial charge in [0, 0.05) is 12.1 Å². The first kappa shape index (κ1) is 25.7. The van der Waals surface area contributed by atoms with E-state index in [4.69, 9.17) is 9.47 Å². The molecule has 0 saturated carbocycles. The summed E-state index contributed by atoms with van der Waals surface area (Å²) in [5, 5.41) is 72.8. The second kappa shape index (κ2) is 9.26. The molecule has 4 aromatic rings. The lowest BCUT2D eigenvalue weighted by Gasteiger charge is -2.30. The molecule has 0 amide bonds. The van der Waals surface area contributed by atoms with E-state index in [0.29, 0.717) is 5.56 Å². The maximum Gasteiger partial charge on any atom is 0.174 e. The van der Waals surface area contributed by atoms with Crippen LogP contribution in [0.3, 0.4) is 0 Å². The van der Waals surface area contributed by atoms with Gasteiger partial charge in [0.2, 0.25) is 0 Å². The number of phenolic OH excluding ortho intramolecular Hbond substituents is 7. The first-order valence-electron chi connectivity index (χ1n) is 12.4. The summed E-state index contributed by atoms with van der Waals surface area (Å²) in [5.41, 5.74) is -0.506. The Labute approximate surface area is 231 Å². The topological polar surface area (TPSA) is 194 Å². The summed E-state index contributed by atoms with van der Waals surface area (Å²) in [6, 6.07) is 11.8. The fourth-order valence-electron chi connectivity index (χ4n) is 5.22. The van der Waals surface area contributed by atoms with E-state index in [-0.39, 0.29) is 52.3 Å². The van der Waals surface area contributed by atoms with E-state index in [9.17, 15) is 45.3 Å². The summed E-state index contributed by atoms with van der Waals surface area (Å²) >= 11 is 0. The lowest BCUT2D eigenvalue weighted by Crippen LogP contribution is -2.22. The molecule has 0 radical (unpaired) electrons. The van der Waals surface area contributed by atoms with Gasteiger partial charge in [-0.2, -0.15) is 0 Å². The highest BCUT2D eigenvalue weighted by Crippen LogP contribution is 2.56. The Morgan fingerprint density at radius 3 is 1.80 bits per heavy atom. The van der Waals surface area contributed by atoms with Gasteiger partial charge in [-0.25, -0.2) is 0 Å². The molecule has 41 heavy (non-hydrogen) atoms. The van der Waals surface area contributed by atoms with Crippen LogP contribution in [0.25, 0.3) is 11.1 Å². The predicted molar refractivity (Wildman–Crippen MR) is 141 cm³/mol. The Kier molecular flexibility index (Phi) is 5.80. The molecule has 11 nitrogen and oxygen atoms in total. The van der Waals surface area contributed by atoms with Gasteiger partial charge >= 0.3 is 0 Å². The van der Waals surface area contributed by atoms with Crippen molar-refractivity contribution in [2.24, 2.45) is 0 Å². The average molecular weight is 558 g/mol. The third-order valence-corrected chi connectivity index (χ3v) is 7.20. The summed E-state index contributed by atoms with van der Waals surface area (Å²) in [5.74, 6) is -5.09. The number of carbonyl (C=O) groups is 2. The summed E-state index contributed by atoms with van der Waals surface area (Å²) in [4.78, 5) is 26.4. The Morgan fingerprint density at radius 1 is 0.537 bits per heavy atom. The van der Waals surface area contributed by atoms with Gasteiger partial charge < -0.3 is 45.2 Å². The zero-order chi connectivity index (χ0) is 29.2. The number of aromatic hydroxyl groups is 7. The zero-order valence-corrected chi connectivity index (χ0v) is 21.0. The van der Waals surface area contributed by atoms with Crippen molar-refractivity contribution < 1.29 is 54.8 Å². The largest absolute Gasteiger partial charge is 0.508 e. The lowest BCUT2D eigenvalue weighted by atomic mass is 9.88. The molecular weight excluding hydrogens is 536 g/mol. The monoisotopic (exact) mass is 558 g/mol. The molecule has 4 aromatic carbocycles. The highest BCUT2D eigenvalue weighted by atomic mass is 16.5. The molecule has 7 N–H and O–H groups in total. The van der Waals surface area contributed by atoms with Gasteiger partial charge in [0.1, 0.15) is 63.6 Å². The molecule has 2 unspecified atom stereocenters. The van der Waals surface area contributed by atoms with Crippen LogP contribution in [0.15, 0.2) is 54.6 Å². The smallest absolute Gasteiger partial charge is 0.174 e. The third kappa shape index (κ3) is 4.15. The van der Waals surface area contributed by atoms with E-state index < -0.39 is 63.8 Å². The van der Waals surface area contributed by atoms with E-state index in [1.54, 1.807) is 12.1 Å². The van der Waals surface area contributed by atoms with E-state index in [1.165, 1.54) is 30.3 Å². The van der Waals surface area contributed by atoms with Crippen LogP contribution in [0.1, 0.15) is 56.9 Å². The molecule has 2 aliphatic rings. The van der Waals surface area contributed by atoms with Gasteiger partial charge in [0.05, 0.1) is 24.0 Å². The summed E-state index contributed by atoms with van der Waals surface area (Å²) < 4.78 is 11.9. The van der Waals surface area contributed by atoms with Crippen molar-refractivity contribution in [3.8, 4) is 62.9 Å². The molecule has 2 aliphatic heterocycles. The zero-order valence-electron chi connectivity index (χ0n) is 21.0. The first-order valence-corrected chi connectivity index (χ1v) is 12.4. The fourth-order valence-corrected chi connectivity index (χ4v) is 5.22. The van der Waals surface area contributed by atoms with Crippen LogP contribution >= 0.6 is 0 Å². The number of phenols is 7. The number of ketones is 2. The quantitative estimate of drug-likeness (QED) is 0.172. The van der Waals surface area contributed by atoms with Gasteiger partial charge in [0.15, 0.2) is 23.1 Å². The number of hydrogen-bond donors (Lipinski definition) is 7. The summed E-state index contributed by atoms with van der Waals surface area (Å²) in [7, 11) is 0. The Balaban J connectivity index is 1.48. The molecule has 11 heteroatoms. The van der Waals surface area contributed by atoms with E-state index in [2.05, 4.69) is 0 Å². The molecule has 0 spiro atoms. The SMILES string of the molecule is O=C1CC(c2ccc(O)cc2)Oc2cc(O)c(-c3c(O)cc(O)c4c3OC(c3ccc(O)c(O)c3)CC4=O)c(O)c21. The molecule has 0 fully saturated rings. The highest BCUT2D eigenvalue weighted by molar-refractivity contribution is 6.09. The van der Waals surface area contributed by atoms with Gasteiger partial charge in [-0.3, -0.25) is 9.59 Å². The molecule has 2 atom stereocenters. The van der Waals surface area contributed by atoms with Crippen molar-refractivity contribution in [2.75, 3.05) is 0 Å². The minimum absolute atomic E-state index is 0.0263. The Bertz CT molecular complexity index is 1760. The molecule has 0 aliphatic carbocycles. The predicted octanol–water partition coefficient (Wildman–Crippen LogP) is 4.71. The van der Waals surface area contributed by atoms with Crippen LogP contribution in [0.2, 0.25) is 0 Å². The Hall–Kier alpha value is -5.58. The van der Waals surface area contributed by atoms with Crippen LogP contribution in [-0.2, 0) is 0 Å². The number of benzene rings is 4. The standard InChI is InChI=1S/C30H22O11/c31-14-4-1-12(2-5-14)22-10-20(37)26-24(40-22)11-21(38)27(29(26)39)28-18(35)8-17(34)25-19(36)9-23(41-30(25)28)13-3-6-15(32)16(33)7-13/h1-8,11,22-23,31-35,38-39H,9-10H2. The molecule has 0 bridgehead atoms. The molecular formula is C30H22O11. The van der Waals surface area contributed by atoms with Crippen molar-refractivity contribution >= 4 is 11.6 Å². The fraction of sp³-hybridized carbons (Fsp3) is 0.133. The molecule has 6 rings (SSSR count). The van der Waals surface area contributed by atoms with Gasteiger partial charge in [0.25, 0.3) is 0 Å². The van der Waals surface area contributed by atoms with Crippen molar-refractivity contribution in [2.45, 2.75) is 25.0 Å². The molecule has 2 heterocycles. The highest BCUT2D eigenvalue weighted by Gasteiger charge is 2.38. The van der Waals surface area contributed by atoms with Crippen LogP contribution in [0, 0.1) is 0 Å². The number of fused-ring (bicyclic) bond motifs is 2. The van der Waals surface area contributed by atoms with Crippen molar-refractivity contribution in [1.82, 2.24) is 0 Å². The molecule has 0 aromatic heterocycles. The maximum absolute atomic E-state index is 13.2. The molecule has 0 saturated heterocycles. The second-order valence-corrected chi connectivity index (χ2v) is 9.79. The van der Waals surface area contributed by atoms with Crippen LogP contribution < -0.4 is 9.47 Å². The summed E-state index contributed by atoms with van der Waals surface area (Å²) in [6.07, 6.45) is -2.27. The molecule has 208 valence electrons. The Morgan fingerprint density at radius 2 is 1.12 bits per heavy atom. The number of hydrogen-bond acceptors (Lipinski definition) is 11. The van der Waals surface area contributed by atoms with Crippen LogP contribution in [0.4, 0.5) is 0 Å². The van der Waals surface area contributed by atoms with Gasteiger partial charge in [-0.15, -0.1) is 0 Å². The van der Waals surface area contributed by atoms with E-state index >= 15 is 0 Å². The lowest BCUT2D eigenvalue weighted by molar-refractivity contribution is 0.0833. The van der Waals surface area contributed by atoms with E-state index in [0.717, 1.165) is 12.1 Å². The van der Waals surface area contributed by atoms with Crippen molar-refractivity contribution in [3.63, 3.8) is 0 Å². The van der Waals surface area contributed by atoms with Crippen LogP contribution in [0.5, 0.6) is 51.7 Å². The normalized spacial score (nSPS) is 17.8. The van der Waals surface area contributed by atoms with Gasteiger partial charge in [-0.1, -0.05) is 18.2 Å². The van der Waals surface area contributed by atoms with Crippen LogP contribution in [-0.4, -0.2) is 47.3 Å². The summed E-state index contributed by atoms with van der Waals surface area (Å²) in [6.45, 7) is 0. The number of rotatable bonds is 3. The van der Waals surface area contributed by atoms with Crippen molar-refractivity contribution in [1.29, 1.82) is 0 Å². The minimum Gasteiger partial charge on any atom is -0.508 e. The van der Waals surface area contributed by atoms with E-state index in [1.807, 2.05) is 0 Å². The minimum atomic E-state index is -1.04. The average Bonchev–Trinajstić information content (AvgIpc) is 2.91. The maximum atomic E-state index is 13.2.